The first-order chi connectivity index (χ1) is 10.6. The molecule has 0 aliphatic heterocycles. The highest BCUT2D eigenvalue weighted by molar-refractivity contribution is 7.72. The molecule has 2 aromatic carbocycles. The average Bonchev–Trinajstić information content (AvgIpc) is 2.52. The molecule has 0 atom stereocenters. The third kappa shape index (κ3) is 5.65. The maximum atomic E-state index is 10.5. The largest absolute Gasteiger partial charge is 0.399 e. The van der Waals surface area contributed by atoms with Gasteiger partial charge in [-0.3, -0.25) is 0 Å². The Balaban J connectivity index is 1.77. The van der Waals surface area contributed by atoms with Crippen LogP contribution in [-0.4, -0.2) is 20.7 Å². The summed E-state index contributed by atoms with van der Waals surface area (Å²) in [5.41, 5.74) is 9.61. The molecule has 0 fully saturated rings. The van der Waals surface area contributed by atoms with Gasteiger partial charge >= 0.3 is 0 Å². The van der Waals surface area contributed by atoms with Crippen molar-refractivity contribution in [2.45, 2.75) is 13.0 Å². The number of nitrogens with two attached hydrogens (primary N) is 1. The number of rotatable bonds is 8. The molecule has 2 rings (SSSR count). The van der Waals surface area contributed by atoms with Crippen LogP contribution in [0.5, 0.6) is 0 Å². The van der Waals surface area contributed by atoms with E-state index in [1.54, 1.807) is 0 Å². The molecule has 0 spiro atoms. The second kappa shape index (κ2) is 8.29. The molecular weight excluding hydrogens is 298 g/mol. The van der Waals surface area contributed by atoms with Crippen molar-refractivity contribution in [2.24, 2.45) is 0 Å². The molecular formula is C16H21N3O2S. The van der Waals surface area contributed by atoms with E-state index in [-0.39, 0.29) is 5.75 Å². The first kappa shape index (κ1) is 16.2. The molecule has 0 bridgehead atoms. The summed E-state index contributed by atoms with van der Waals surface area (Å²) in [6.07, 6.45) is 0.621. The average molecular weight is 319 g/mol. The molecule has 0 aliphatic carbocycles. The topological polar surface area (TPSA) is 84.2 Å². The highest BCUT2D eigenvalue weighted by Gasteiger charge is 1.96. The lowest BCUT2D eigenvalue weighted by molar-refractivity contribution is 0.612. The molecule has 6 heteroatoms. The maximum Gasteiger partial charge on any atom is 0.140 e. The second-order valence-corrected chi connectivity index (χ2v) is 6.12. The molecule has 118 valence electrons. The molecule has 0 saturated carbocycles. The minimum absolute atomic E-state index is 0.226. The van der Waals surface area contributed by atoms with Crippen molar-refractivity contribution in [2.75, 3.05) is 28.7 Å². The molecule has 0 saturated heterocycles. The highest BCUT2D eigenvalue weighted by atomic mass is 32.2. The van der Waals surface area contributed by atoms with E-state index in [0.29, 0.717) is 13.0 Å². The SMILES string of the molecule is Nc1ccc(CNc2ccc(NCCC[SH](=O)=O)cc2)cc1. The van der Waals surface area contributed by atoms with Gasteiger partial charge < -0.3 is 16.4 Å². The van der Waals surface area contributed by atoms with E-state index in [0.717, 1.165) is 23.6 Å². The molecule has 0 radical (unpaired) electrons. The van der Waals surface area contributed by atoms with Gasteiger partial charge in [-0.05, 0) is 48.4 Å². The van der Waals surface area contributed by atoms with Crippen molar-refractivity contribution < 1.29 is 8.42 Å². The van der Waals surface area contributed by atoms with Crippen molar-refractivity contribution in [3.8, 4) is 0 Å². The fraction of sp³-hybridized carbons (Fsp3) is 0.250. The lowest BCUT2D eigenvalue weighted by Crippen LogP contribution is -2.04. The zero-order chi connectivity index (χ0) is 15.8. The van der Waals surface area contributed by atoms with Gasteiger partial charge in [-0.15, -0.1) is 0 Å². The van der Waals surface area contributed by atoms with Crippen molar-refractivity contribution in [3.05, 3.63) is 54.1 Å². The smallest absolute Gasteiger partial charge is 0.140 e. The first-order valence-corrected chi connectivity index (χ1v) is 8.54. The molecule has 2 aromatic rings. The van der Waals surface area contributed by atoms with Gasteiger partial charge in [0.2, 0.25) is 0 Å². The fourth-order valence-electron chi connectivity index (χ4n) is 1.99. The summed E-state index contributed by atoms with van der Waals surface area (Å²) < 4.78 is 20.9. The van der Waals surface area contributed by atoms with E-state index in [1.165, 1.54) is 5.56 Å². The summed E-state index contributed by atoms with van der Waals surface area (Å²) in [7, 11) is -2.27. The third-order valence-corrected chi connectivity index (χ3v) is 3.89. The van der Waals surface area contributed by atoms with Crippen LogP contribution in [0.15, 0.2) is 48.5 Å². The number of anilines is 3. The van der Waals surface area contributed by atoms with Crippen LogP contribution < -0.4 is 16.4 Å². The standard InChI is InChI=1S/C16H21N3O2S/c17-14-4-2-13(3-5-14)12-19-16-8-6-15(7-9-16)18-10-1-11-22(20)21/h2-9,18-19,22H,1,10-12,17H2. The van der Waals surface area contributed by atoms with Crippen LogP contribution in [0.25, 0.3) is 0 Å². The summed E-state index contributed by atoms with van der Waals surface area (Å²) in [5.74, 6) is 0.226. The van der Waals surface area contributed by atoms with Crippen molar-refractivity contribution in [3.63, 3.8) is 0 Å². The lowest BCUT2D eigenvalue weighted by atomic mass is 10.2. The van der Waals surface area contributed by atoms with Gasteiger partial charge in [0.25, 0.3) is 0 Å². The Morgan fingerprint density at radius 1 is 0.864 bits per heavy atom. The molecule has 5 nitrogen and oxygen atoms in total. The van der Waals surface area contributed by atoms with Crippen LogP contribution in [0.2, 0.25) is 0 Å². The number of benzene rings is 2. The Morgan fingerprint density at radius 3 is 2.05 bits per heavy atom. The molecule has 0 aliphatic rings. The number of nitrogens with one attached hydrogen (secondary N) is 2. The maximum absolute atomic E-state index is 10.5. The minimum Gasteiger partial charge on any atom is -0.399 e. The Bertz CT molecular complexity index is 644. The summed E-state index contributed by atoms with van der Waals surface area (Å²) in [5, 5.41) is 6.54. The van der Waals surface area contributed by atoms with Crippen molar-refractivity contribution in [1.29, 1.82) is 0 Å². The second-order valence-electron chi connectivity index (χ2n) is 5.01. The zero-order valence-corrected chi connectivity index (χ0v) is 13.2. The molecule has 0 unspecified atom stereocenters. The van der Waals surface area contributed by atoms with Crippen molar-refractivity contribution in [1.82, 2.24) is 0 Å². The number of nitrogen functional groups attached to an aromatic ring is 1. The first-order valence-electron chi connectivity index (χ1n) is 7.17. The monoisotopic (exact) mass is 319 g/mol. The minimum atomic E-state index is -2.27. The molecule has 0 aromatic heterocycles. The van der Waals surface area contributed by atoms with E-state index in [1.807, 2.05) is 48.5 Å². The Labute approximate surface area is 132 Å². The van der Waals surface area contributed by atoms with Crippen LogP contribution in [0.3, 0.4) is 0 Å². The summed E-state index contributed by atoms with van der Waals surface area (Å²) in [6.45, 7) is 1.39. The van der Waals surface area contributed by atoms with Gasteiger partial charge in [-0.25, -0.2) is 8.42 Å². The van der Waals surface area contributed by atoms with E-state index in [4.69, 9.17) is 5.73 Å². The van der Waals surface area contributed by atoms with E-state index in [9.17, 15) is 8.42 Å². The van der Waals surface area contributed by atoms with Gasteiger partial charge in [0, 0.05) is 35.9 Å². The lowest BCUT2D eigenvalue weighted by Gasteiger charge is -2.09. The molecule has 4 N–H and O–H groups in total. The van der Waals surface area contributed by atoms with Crippen LogP contribution >= 0.6 is 0 Å². The van der Waals surface area contributed by atoms with Gasteiger partial charge in [0.05, 0.1) is 0 Å². The number of hydrogen-bond acceptors (Lipinski definition) is 5. The van der Waals surface area contributed by atoms with Gasteiger partial charge in [-0.1, -0.05) is 12.1 Å². The van der Waals surface area contributed by atoms with Crippen LogP contribution in [0, 0.1) is 0 Å². The number of hydrogen-bond donors (Lipinski definition) is 4. The molecule has 22 heavy (non-hydrogen) atoms. The van der Waals surface area contributed by atoms with E-state index < -0.39 is 10.7 Å². The van der Waals surface area contributed by atoms with Crippen LogP contribution in [-0.2, 0) is 17.2 Å². The Hall–Kier alpha value is -2.21. The van der Waals surface area contributed by atoms with Crippen molar-refractivity contribution >= 4 is 27.8 Å². The predicted octanol–water partition coefficient (Wildman–Crippen LogP) is 2.29. The molecule has 0 amide bonds. The van der Waals surface area contributed by atoms with E-state index >= 15 is 0 Å². The molecule has 0 heterocycles. The zero-order valence-electron chi connectivity index (χ0n) is 12.3. The van der Waals surface area contributed by atoms with Gasteiger partial charge in [-0.2, -0.15) is 0 Å². The van der Waals surface area contributed by atoms with Gasteiger partial charge in [0.1, 0.15) is 10.7 Å². The highest BCUT2D eigenvalue weighted by Crippen LogP contribution is 2.15. The van der Waals surface area contributed by atoms with Crippen LogP contribution in [0.4, 0.5) is 17.1 Å². The normalized spacial score (nSPS) is 10.6. The summed E-state index contributed by atoms with van der Waals surface area (Å²) >= 11 is 0. The fourth-order valence-corrected chi connectivity index (χ4v) is 2.40. The quantitative estimate of drug-likeness (QED) is 0.341. The summed E-state index contributed by atoms with van der Waals surface area (Å²) in [4.78, 5) is 0. The predicted molar refractivity (Wildman–Crippen MR) is 92.9 cm³/mol. The number of thiol groups is 1. The van der Waals surface area contributed by atoms with Crippen LogP contribution in [0.1, 0.15) is 12.0 Å². The van der Waals surface area contributed by atoms with E-state index in [2.05, 4.69) is 10.6 Å². The Morgan fingerprint density at radius 2 is 1.45 bits per heavy atom. The summed E-state index contributed by atoms with van der Waals surface area (Å²) in [6, 6.07) is 15.7. The Kier molecular flexibility index (Phi) is 6.09. The third-order valence-electron chi connectivity index (χ3n) is 3.21. The van der Waals surface area contributed by atoms with Gasteiger partial charge in [0.15, 0.2) is 0 Å².